The molecule has 0 bridgehead atoms. The molecule has 0 fully saturated rings. The zero-order valence-corrected chi connectivity index (χ0v) is 26.5. The molecular formula is C32H46NO6PS+2. The average Bonchev–Trinajstić information content (AvgIpc) is 3.37. The van der Waals surface area contributed by atoms with Gasteiger partial charge in [-0.25, -0.2) is 9.05 Å². The van der Waals surface area contributed by atoms with Crippen molar-refractivity contribution in [1.29, 1.82) is 0 Å². The van der Waals surface area contributed by atoms with Crippen molar-refractivity contribution in [3.63, 3.8) is 0 Å². The van der Waals surface area contributed by atoms with Crippen molar-refractivity contribution in [2.24, 2.45) is 0 Å². The summed E-state index contributed by atoms with van der Waals surface area (Å²) < 4.78 is 37.3. The maximum Gasteiger partial charge on any atom is 0.805 e. The van der Waals surface area contributed by atoms with E-state index < -0.39 is 8.25 Å². The number of hydrogen-bond donors (Lipinski definition) is 1. The van der Waals surface area contributed by atoms with E-state index in [0.717, 1.165) is 18.4 Å². The van der Waals surface area contributed by atoms with Gasteiger partial charge >= 0.3 is 8.25 Å². The summed E-state index contributed by atoms with van der Waals surface area (Å²) in [5.74, 6) is 0.933. The smallest absolute Gasteiger partial charge is 0.504 e. The molecule has 2 aromatic carbocycles. The van der Waals surface area contributed by atoms with Crippen molar-refractivity contribution < 1.29 is 32.8 Å². The third-order valence-corrected chi connectivity index (χ3v) is 8.40. The molecule has 41 heavy (non-hydrogen) atoms. The van der Waals surface area contributed by atoms with Gasteiger partial charge in [0, 0.05) is 10.1 Å². The lowest BCUT2D eigenvalue weighted by Gasteiger charge is -2.13. The van der Waals surface area contributed by atoms with E-state index in [-0.39, 0.29) is 23.0 Å². The van der Waals surface area contributed by atoms with Gasteiger partial charge in [0.15, 0.2) is 24.2 Å². The number of ether oxygens (including phenoxy) is 2. The van der Waals surface area contributed by atoms with E-state index in [4.69, 9.17) is 18.5 Å². The van der Waals surface area contributed by atoms with Gasteiger partial charge in [-0.1, -0.05) is 101 Å². The highest BCUT2D eigenvalue weighted by molar-refractivity contribution is 7.34. The van der Waals surface area contributed by atoms with Gasteiger partial charge in [-0.3, -0.25) is 0 Å². The van der Waals surface area contributed by atoms with Crippen LogP contribution in [0.5, 0.6) is 28.7 Å². The van der Waals surface area contributed by atoms with Gasteiger partial charge < -0.3 is 14.6 Å². The molecule has 7 nitrogen and oxygen atoms in total. The van der Waals surface area contributed by atoms with Crippen molar-refractivity contribution >= 4 is 19.6 Å². The Morgan fingerprint density at radius 3 is 2.20 bits per heavy atom. The predicted octanol–water partition coefficient (Wildman–Crippen LogP) is 9.30. The Hall–Kier alpha value is -2.83. The molecule has 3 aromatic rings. The van der Waals surface area contributed by atoms with E-state index in [1.165, 1.54) is 88.3 Å². The topological polar surface area (TPSA) is 78.1 Å². The summed E-state index contributed by atoms with van der Waals surface area (Å²) in [4.78, 5) is 1.23. The molecule has 0 aliphatic carbocycles. The summed E-state index contributed by atoms with van der Waals surface area (Å²) in [6.45, 7) is 5.45. The third kappa shape index (κ3) is 11.9. The highest BCUT2D eigenvalue weighted by Crippen LogP contribution is 2.46. The number of phenolic OH excluding ortho intramolecular Hbond substituents is 1. The summed E-state index contributed by atoms with van der Waals surface area (Å²) in [5.41, 5.74) is 3.07. The molecule has 1 heterocycles. The van der Waals surface area contributed by atoms with Gasteiger partial charge in [0.1, 0.15) is 0 Å². The number of unbranched alkanes of at least 4 members (excludes halogenated alkanes) is 11. The van der Waals surface area contributed by atoms with Crippen LogP contribution in [0.25, 0.3) is 0 Å². The van der Waals surface area contributed by atoms with Crippen molar-refractivity contribution in [1.82, 2.24) is 0 Å². The minimum absolute atomic E-state index is 0.0573. The molecule has 0 spiro atoms. The molecule has 1 aromatic heterocycles. The maximum atomic E-state index is 12.7. The van der Waals surface area contributed by atoms with Crippen molar-refractivity contribution in [3.8, 4) is 28.7 Å². The second kappa shape index (κ2) is 18.6. The number of hydrogen-bond acceptors (Lipinski definition) is 7. The van der Waals surface area contributed by atoms with Gasteiger partial charge in [-0.2, -0.15) is 4.57 Å². The number of nitrogens with zero attached hydrogens (tertiary/aromatic N) is 1. The van der Waals surface area contributed by atoms with Crippen LogP contribution < -0.4 is 23.1 Å². The van der Waals surface area contributed by atoms with Crippen molar-refractivity contribution in [2.45, 2.75) is 97.4 Å². The molecule has 1 atom stereocenters. The first-order valence-corrected chi connectivity index (χ1v) is 16.9. The SMILES string of the molecule is CCCCCCCCCCCCCCOc1c(O)ccc(O[P+](=O)Oc2cccc(C[n+]3csc(C)c3)c2)c1OC. The second-order valence-corrected chi connectivity index (χ2v) is 12.3. The van der Waals surface area contributed by atoms with Crippen molar-refractivity contribution in [3.05, 3.63) is 58.5 Å². The number of phenols is 1. The molecule has 3 rings (SSSR count). The maximum absolute atomic E-state index is 12.7. The molecule has 0 aliphatic heterocycles. The largest absolute Gasteiger partial charge is 0.805 e. The van der Waals surface area contributed by atoms with E-state index in [2.05, 4.69) is 30.1 Å². The Kier molecular flexibility index (Phi) is 14.8. The zero-order valence-electron chi connectivity index (χ0n) is 24.8. The quantitative estimate of drug-likeness (QED) is 0.0743. The fourth-order valence-electron chi connectivity index (χ4n) is 4.68. The summed E-state index contributed by atoms with van der Waals surface area (Å²) in [5, 5.41) is 10.4. The van der Waals surface area contributed by atoms with Crippen LogP contribution in [0.2, 0.25) is 0 Å². The highest BCUT2D eigenvalue weighted by atomic mass is 32.1. The zero-order chi connectivity index (χ0) is 29.3. The number of methoxy groups -OCH3 is 1. The molecule has 224 valence electrons. The van der Waals surface area contributed by atoms with Crippen LogP contribution in [0.1, 0.15) is 94.4 Å². The molecule has 1 N–H and O–H groups in total. The standard InChI is InChI=1S/C32H45NO6PS/c1-4-5-6-7-8-9-10-11-12-13-14-15-21-37-31-29(34)19-20-30(32(31)36-3)39-40(35)38-28-18-16-17-27(22-28)24-33-23-26(2)41-25-33/h16-20,22-23,25H,4-15,21,24H2,1-3H3/q+1/p+1. The van der Waals surface area contributed by atoms with E-state index in [9.17, 15) is 9.67 Å². The van der Waals surface area contributed by atoms with Crippen LogP contribution in [-0.2, 0) is 11.1 Å². The first kappa shape index (κ1) is 32.7. The van der Waals surface area contributed by atoms with Crippen LogP contribution in [0.4, 0.5) is 0 Å². The summed E-state index contributed by atoms with van der Waals surface area (Å²) in [6.07, 6.45) is 17.2. The Morgan fingerprint density at radius 1 is 0.878 bits per heavy atom. The van der Waals surface area contributed by atoms with Crippen LogP contribution in [0.3, 0.4) is 0 Å². The van der Waals surface area contributed by atoms with E-state index in [0.29, 0.717) is 18.9 Å². The van der Waals surface area contributed by atoms with Gasteiger partial charge in [-0.05, 0) is 37.6 Å². The third-order valence-electron chi connectivity index (χ3n) is 6.84. The van der Waals surface area contributed by atoms with E-state index >= 15 is 0 Å². The Balaban J connectivity index is 1.42. The summed E-state index contributed by atoms with van der Waals surface area (Å²) in [6, 6.07) is 10.4. The molecule has 0 saturated carbocycles. The van der Waals surface area contributed by atoms with E-state index in [1.807, 2.05) is 18.2 Å². The van der Waals surface area contributed by atoms with Gasteiger partial charge in [0.05, 0.1) is 18.6 Å². The molecule has 0 aliphatic rings. The van der Waals surface area contributed by atoms with E-state index in [1.54, 1.807) is 17.4 Å². The Morgan fingerprint density at radius 2 is 1.56 bits per heavy atom. The predicted molar refractivity (Wildman–Crippen MR) is 165 cm³/mol. The number of aryl methyl sites for hydroxylation is 1. The second-order valence-electron chi connectivity index (χ2n) is 10.4. The fraction of sp³-hybridized carbons (Fsp3) is 0.531. The van der Waals surface area contributed by atoms with Crippen LogP contribution in [0, 0.1) is 6.92 Å². The van der Waals surface area contributed by atoms with Gasteiger partial charge in [0.25, 0.3) is 0 Å². The molecule has 1 unspecified atom stereocenters. The lowest BCUT2D eigenvalue weighted by Crippen LogP contribution is -2.30. The number of benzene rings is 2. The number of aromatic hydroxyl groups is 1. The van der Waals surface area contributed by atoms with Crippen LogP contribution in [0.15, 0.2) is 48.1 Å². The Bertz CT molecular complexity index is 1200. The highest BCUT2D eigenvalue weighted by Gasteiger charge is 2.29. The molecule has 0 radical (unpaired) electrons. The fourth-order valence-corrected chi connectivity index (χ4v) is 5.94. The lowest BCUT2D eigenvalue weighted by molar-refractivity contribution is -0.683. The average molecular weight is 604 g/mol. The Labute approximate surface area is 250 Å². The summed E-state index contributed by atoms with van der Waals surface area (Å²) in [7, 11) is -1.09. The lowest BCUT2D eigenvalue weighted by atomic mass is 10.1. The molecule has 9 heteroatoms. The van der Waals surface area contributed by atoms with Crippen LogP contribution in [-0.4, -0.2) is 18.8 Å². The molecular weight excluding hydrogens is 557 g/mol. The molecule has 0 amide bonds. The minimum Gasteiger partial charge on any atom is -0.504 e. The summed E-state index contributed by atoms with van der Waals surface area (Å²) >= 11 is 1.68. The normalized spacial score (nSPS) is 11.3. The van der Waals surface area contributed by atoms with Gasteiger partial charge in [0.2, 0.25) is 22.8 Å². The number of thiazole rings is 1. The number of aromatic nitrogens is 1. The molecule has 0 saturated heterocycles. The monoisotopic (exact) mass is 603 g/mol. The number of rotatable bonds is 21. The minimum atomic E-state index is -2.55. The van der Waals surface area contributed by atoms with Crippen molar-refractivity contribution in [2.75, 3.05) is 13.7 Å². The first-order valence-electron chi connectivity index (χ1n) is 14.9. The first-order chi connectivity index (χ1) is 20.0. The van der Waals surface area contributed by atoms with Gasteiger partial charge in [-0.15, -0.1) is 0 Å². The van der Waals surface area contributed by atoms with Crippen LogP contribution >= 0.6 is 19.6 Å².